The van der Waals surface area contributed by atoms with E-state index in [-0.39, 0.29) is 17.4 Å². The number of hydrogen-bond donors (Lipinski definition) is 1. The fourth-order valence-electron chi connectivity index (χ4n) is 3.59. The van der Waals surface area contributed by atoms with Crippen LogP contribution in [-0.2, 0) is 11.5 Å². The number of aromatic nitrogens is 3. The molecule has 1 saturated heterocycles. The maximum Gasteiger partial charge on any atom is 0.275 e. The molecule has 3 aromatic rings. The highest BCUT2D eigenvalue weighted by atomic mass is 16.2. The molecule has 7 heteroatoms. The Morgan fingerprint density at radius 1 is 1.18 bits per heavy atom. The van der Waals surface area contributed by atoms with Crippen molar-refractivity contribution in [2.75, 3.05) is 18.4 Å². The van der Waals surface area contributed by atoms with Crippen LogP contribution in [-0.4, -0.2) is 38.7 Å². The third-order valence-corrected chi connectivity index (χ3v) is 5.31. The summed E-state index contributed by atoms with van der Waals surface area (Å²) < 4.78 is 1.50. The number of aryl methyl sites for hydroxylation is 1. The number of anilines is 1. The summed E-state index contributed by atoms with van der Waals surface area (Å²) in [4.78, 5) is 31.6. The van der Waals surface area contributed by atoms with Gasteiger partial charge in [0, 0.05) is 30.6 Å². The highest BCUT2D eigenvalue weighted by Gasteiger charge is 2.26. The molecule has 4 rings (SSSR count). The molecular formula is C21H23N5O2. The van der Waals surface area contributed by atoms with Crippen molar-refractivity contribution < 1.29 is 4.79 Å². The van der Waals surface area contributed by atoms with Crippen LogP contribution >= 0.6 is 0 Å². The van der Waals surface area contributed by atoms with Gasteiger partial charge < -0.3 is 5.32 Å². The number of pyridine rings is 1. The molecule has 2 aromatic heterocycles. The Labute approximate surface area is 163 Å². The van der Waals surface area contributed by atoms with Gasteiger partial charge in [-0.25, -0.2) is 9.67 Å². The fourth-order valence-corrected chi connectivity index (χ4v) is 3.59. The zero-order valence-corrected chi connectivity index (χ0v) is 15.8. The van der Waals surface area contributed by atoms with Gasteiger partial charge >= 0.3 is 0 Å². The van der Waals surface area contributed by atoms with Gasteiger partial charge in [-0.1, -0.05) is 24.3 Å². The fraction of sp³-hybridized carbons (Fsp3) is 0.333. The van der Waals surface area contributed by atoms with Crippen LogP contribution in [0.3, 0.4) is 0 Å². The molecule has 0 bridgehead atoms. The number of piperidine rings is 1. The zero-order valence-electron chi connectivity index (χ0n) is 15.8. The molecule has 0 saturated carbocycles. The van der Waals surface area contributed by atoms with Crippen LogP contribution in [0.2, 0.25) is 0 Å². The number of hydrogen-bond acceptors (Lipinski definition) is 5. The summed E-state index contributed by atoms with van der Waals surface area (Å²) in [6, 6.07) is 11.3. The van der Waals surface area contributed by atoms with Crippen molar-refractivity contribution in [3.8, 4) is 0 Å². The summed E-state index contributed by atoms with van der Waals surface area (Å²) in [6.45, 7) is 3.87. The van der Waals surface area contributed by atoms with Gasteiger partial charge in [0.05, 0.1) is 18.3 Å². The van der Waals surface area contributed by atoms with E-state index in [0.717, 1.165) is 36.9 Å². The first-order chi connectivity index (χ1) is 13.6. The van der Waals surface area contributed by atoms with Crippen LogP contribution in [0.5, 0.6) is 0 Å². The summed E-state index contributed by atoms with van der Waals surface area (Å²) in [5, 5.41) is 8.76. The normalized spacial score (nSPS) is 15.6. The van der Waals surface area contributed by atoms with Gasteiger partial charge in [0.1, 0.15) is 5.82 Å². The monoisotopic (exact) mass is 377 g/mol. The van der Waals surface area contributed by atoms with Crippen molar-refractivity contribution in [1.29, 1.82) is 0 Å². The Morgan fingerprint density at radius 3 is 2.75 bits per heavy atom. The van der Waals surface area contributed by atoms with Crippen LogP contribution < -0.4 is 10.9 Å². The quantitative estimate of drug-likeness (QED) is 0.755. The van der Waals surface area contributed by atoms with Crippen molar-refractivity contribution in [3.05, 3.63) is 64.7 Å². The molecule has 1 aliphatic rings. The van der Waals surface area contributed by atoms with E-state index in [4.69, 9.17) is 0 Å². The maximum atomic E-state index is 12.6. The largest absolute Gasteiger partial charge is 0.310 e. The van der Waals surface area contributed by atoms with Gasteiger partial charge in [-0.05, 0) is 37.5 Å². The Morgan fingerprint density at radius 2 is 1.96 bits per heavy atom. The maximum absolute atomic E-state index is 12.6. The van der Waals surface area contributed by atoms with E-state index in [2.05, 4.69) is 20.3 Å². The summed E-state index contributed by atoms with van der Waals surface area (Å²) in [6.07, 6.45) is 4.91. The number of rotatable bonds is 4. The number of amides is 1. The highest BCUT2D eigenvalue weighted by molar-refractivity contribution is 5.92. The topological polar surface area (TPSA) is 80.1 Å². The van der Waals surface area contributed by atoms with Crippen molar-refractivity contribution in [2.24, 2.45) is 5.92 Å². The van der Waals surface area contributed by atoms with E-state index >= 15 is 0 Å². The number of benzene rings is 1. The van der Waals surface area contributed by atoms with Crippen molar-refractivity contribution >= 4 is 22.5 Å². The average Bonchev–Trinajstić information content (AvgIpc) is 2.72. The Hall–Kier alpha value is -3.06. The summed E-state index contributed by atoms with van der Waals surface area (Å²) in [5.74, 6) is 0.600. The molecule has 3 heterocycles. The number of carbonyl (C=O) groups excluding carboxylic acids is 1. The SMILES string of the molecule is Cc1cccnc1NC(=O)C1CCN(Cn2ncc3ccccc3c2=O)CC1. The first kappa shape index (κ1) is 18.3. The first-order valence-corrected chi connectivity index (χ1v) is 9.51. The minimum Gasteiger partial charge on any atom is -0.310 e. The van der Waals surface area contributed by atoms with E-state index in [1.54, 1.807) is 12.4 Å². The van der Waals surface area contributed by atoms with Crippen molar-refractivity contribution in [3.63, 3.8) is 0 Å². The summed E-state index contributed by atoms with van der Waals surface area (Å²) in [5.41, 5.74) is 0.874. The molecule has 1 fully saturated rings. The lowest BCUT2D eigenvalue weighted by Gasteiger charge is -2.31. The molecular weight excluding hydrogens is 354 g/mol. The van der Waals surface area contributed by atoms with Crippen LogP contribution in [0.1, 0.15) is 18.4 Å². The number of carbonyl (C=O) groups is 1. The van der Waals surface area contributed by atoms with E-state index in [1.165, 1.54) is 4.68 Å². The average molecular weight is 377 g/mol. The molecule has 1 aliphatic heterocycles. The van der Waals surface area contributed by atoms with Crippen molar-refractivity contribution in [1.82, 2.24) is 19.7 Å². The lowest BCUT2D eigenvalue weighted by molar-refractivity contribution is -0.121. The van der Waals surface area contributed by atoms with Gasteiger partial charge in [-0.2, -0.15) is 5.10 Å². The second-order valence-corrected chi connectivity index (χ2v) is 7.23. The summed E-state index contributed by atoms with van der Waals surface area (Å²) >= 11 is 0. The van der Waals surface area contributed by atoms with Crippen LogP contribution in [0.4, 0.5) is 5.82 Å². The molecule has 7 nitrogen and oxygen atoms in total. The van der Waals surface area contributed by atoms with Gasteiger partial charge in [0.25, 0.3) is 5.56 Å². The lowest BCUT2D eigenvalue weighted by atomic mass is 9.96. The van der Waals surface area contributed by atoms with E-state index < -0.39 is 0 Å². The molecule has 144 valence electrons. The van der Waals surface area contributed by atoms with Crippen molar-refractivity contribution in [2.45, 2.75) is 26.4 Å². The predicted octanol–water partition coefficient (Wildman–Crippen LogP) is 2.41. The second-order valence-electron chi connectivity index (χ2n) is 7.23. The number of nitrogens with one attached hydrogen (secondary N) is 1. The number of nitrogens with zero attached hydrogens (tertiary/aromatic N) is 4. The lowest BCUT2D eigenvalue weighted by Crippen LogP contribution is -2.41. The Bertz CT molecular complexity index is 1050. The van der Waals surface area contributed by atoms with E-state index in [1.807, 2.05) is 43.3 Å². The van der Waals surface area contributed by atoms with E-state index in [0.29, 0.717) is 17.9 Å². The molecule has 0 unspecified atom stereocenters. The third kappa shape index (κ3) is 3.80. The van der Waals surface area contributed by atoms with Gasteiger partial charge in [0.2, 0.25) is 5.91 Å². The second kappa shape index (κ2) is 7.90. The van der Waals surface area contributed by atoms with Crippen LogP contribution in [0, 0.1) is 12.8 Å². The molecule has 1 N–H and O–H groups in total. The molecule has 0 radical (unpaired) electrons. The zero-order chi connectivity index (χ0) is 19.5. The standard InChI is InChI=1S/C21H23N5O2/c1-15-5-4-10-22-19(15)24-20(27)16-8-11-25(12-9-16)14-26-21(28)18-7-3-2-6-17(18)13-23-26/h2-7,10,13,16H,8-9,11-12,14H2,1H3,(H,22,24,27). The minimum absolute atomic E-state index is 0.0162. The number of fused-ring (bicyclic) bond motifs is 1. The first-order valence-electron chi connectivity index (χ1n) is 9.51. The van der Waals surface area contributed by atoms with Crippen LogP contribution in [0.25, 0.3) is 10.8 Å². The molecule has 1 amide bonds. The molecule has 0 spiro atoms. The highest BCUT2D eigenvalue weighted by Crippen LogP contribution is 2.20. The minimum atomic E-state index is -0.0800. The van der Waals surface area contributed by atoms with Gasteiger partial charge in [-0.3, -0.25) is 14.5 Å². The number of likely N-dealkylation sites (tertiary alicyclic amines) is 1. The third-order valence-electron chi connectivity index (χ3n) is 5.31. The predicted molar refractivity (Wildman–Crippen MR) is 108 cm³/mol. The van der Waals surface area contributed by atoms with Gasteiger partial charge in [0.15, 0.2) is 0 Å². The summed E-state index contributed by atoms with van der Waals surface area (Å²) in [7, 11) is 0. The van der Waals surface area contributed by atoms with Gasteiger partial charge in [-0.15, -0.1) is 0 Å². The van der Waals surface area contributed by atoms with Crippen LogP contribution in [0.15, 0.2) is 53.6 Å². The smallest absolute Gasteiger partial charge is 0.275 e. The molecule has 0 aliphatic carbocycles. The molecule has 28 heavy (non-hydrogen) atoms. The Kier molecular flexibility index (Phi) is 5.16. The van der Waals surface area contributed by atoms with E-state index in [9.17, 15) is 9.59 Å². The molecule has 0 atom stereocenters. The molecule has 1 aromatic carbocycles. The Balaban J connectivity index is 1.37.